The van der Waals surface area contributed by atoms with Crippen LogP contribution < -0.4 is 4.72 Å². The molecule has 1 unspecified atom stereocenters. The summed E-state index contributed by atoms with van der Waals surface area (Å²) in [4.78, 5) is 10.8. The molecule has 0 aliphatic rings. The highest BCUT2D eigenvalue weighted by molar-refractivity contribution is 7.90. The molecule has 2 N–H and O–H groups in total. The van der Waals surface area contributed by atoms with Crippen molar-refractivity contribution in [2.45, 2.75) is 18.0 Å². The summed E-state index contributed by atoms with van der Waals surface area (Å²) in [5.41, 5.74) is -5.14. The molecule has 0 aromatic heterocycles. The lowest BCUT2D eigenvalue weighted by Crippen LogP contribution is -2.47. The molecular formula is C10H10F3NO4S. The van der Waals surface area contributed by atoms with Gasteiger partial charge >= 0.3 is 21.5 Å². The summed E-state index contributed by atoms with van der Waals surface area (Å²) in [5, 5.41) is 8.77. The summed E-state index contributed by atoms with van der Waals surface area (Å²) in [6, 6.07) is 5.85. The third-order valence-electron chi connectivity index (χ3n) is 2.18. The molecule has 0 radical (unpaired) electrons. The van der Waals surface area contributed by atoms with E-state index in [1.807, 2.05) is 0 Å². The molecule has 9 heteroatoms. The number of rotatable bonds is 5. The second-order valence-electron chi connectivity index (χ2n) is 3.65. The molecule has 19 heavy (non-hydrogen) atoms. The van der Waals surface area contributed by atoms with Crippen molar-refractivity contribution in [3.63, 3.8) is 0 Å². The van der Waals surface area contributed by atoms with Gasteiger partial charge in [-0.25, -0.2) is 8.42 Å². The molecule has 0 spiro atoms. The number of sulfonamides is 1. The van der Waals surface area contributed by atoms with E-state index in [2.05, 4.69) is 0 Å². The Balaban J connectivity index is 2.90. The highest BCUT2D eigenvalue weighted by Crippen LogP contribution is 2.22. The number of benzene rings is 1. The normalized spacial score (nSPS) is 14.1. The van der Waals surface area contributed by atoms with Crippen molar-refractivity contribution < 1.29 is 31.5 Å². The van der Waals surface area contributed by atoms with Gasteiger partial charge < -0.3 is 5.11 Å². The fraction of sp³-hybridized carbons (Fsp3) is 0.300. The smallest absolute Gasteiger partial charge is 0.480 e. The zero-order valence-corrected chi connectivity index (χ0v) is 10.2. The van der Waals surface area contributed by atoms with Crippen LogP contribution in [0, 0.1) is 0 Å². The van der Waals surface area contributed by atoms with Crippen LogP contribution >= 0.6 is 0 Å². The Bertz CT molecular complexity index is 542. The molecule has 1 aromatic rings. The third kappa shape index (κ3) is 4.21. The van der Waals surface area contributed by atoms with E-state index < -0.39 is 27.5 Å². The minimum atomic E-state index is -5.69. The maximum atomic E-state index is 12.2. The molecule has 0 bridgehead atoms. The Labute approximate surface area is 107 Å². The maximum Gasteiger partial charge on any atom is 0.511 e. The van der Waals surface area contributed by atoms with E-state index in [0.29, 0.717) is 5.56 Å². The summed E-state index contributed by atoms with van der Waals surface area (Å²) >= 11 is 0. The lowest BCUT2D eigenvalue weighted by atomic mass is 10.1. The molecule has 1 atom stereocenters. The molecule has 0 saturated heterocycles. The van der Waals surface area contributed by atoms with Gasteiger partial charge in [0.2, 0.25) is 0 Å². The lowest BCUT2D eigenvalue weighted by molar-refractivity contribution is -0.139. The van der Waals surface area contributed by atoms with Gasteiger partial charge in [-0.05, 0) is 12.0 Å². The number of aliphatic carboxylic acids is 1. The fourth-order valence-electron chi connectivity index (χ4n) is 1.28. The number of alkyl halides is 3. The van der Waals surface area contributed by atoms with E-state index in [0.717, 1.165) is 4.72 Å². The first-order valence-electron chi connectivity index (χ1n) is 4.99. The van der Waals surface area contributed by atoms with Gasteiger partial charge in [0, 0.05) is 0 Å². The number of carboxylic acids is 1. The number of carboxylic acid groups (broad SMARTS) is 1. The van der Waals surface area contributed by atoms with Crippen molar-refractivity contribution in [3.8, 4) is 0 Å². The van der Waals surface area contributed by atoms with Crippen molar-refractivity contribution in [2.24, 2.45) is 0 Å². The zero-order chi connectivity index (χ0) is 14.7. The van der Waals surface area contributed by atoms with Gasteiger partial charge in [0.25, 0.3) is 0 Å². The molecule has 0 aliphatic heterocycles. The first-order valence-corrected chi connectivity index (χ1v) is 6.47. The Morgan fingerprint density at radius 1 is 1.26 bits per heavy atom. The van der Waals surface area contributed by atoms with E-state index in [4.69, 9.17) is 5.11 Å². The van der Waals surface area contributed by atoms with E-state index in [1.54, 1.807) is 18.2 Å². The Morgan fingerprint density at radius 3 is 2.21 bits per heavy atom. The zero-order valence-electron chi connectivity index (χ0n) is 9.39. The molecule has 0 fully saturated rings. The minimum Gasteiger partial charge on any atom is -0.480 e. The molecule has 0 heterocycles. The maximum absolute atomic E-state index is 12.2. The van der Waals surface area contributed by atoms with Crippen LogP contribution in [0.15, 0.2) is 30.3 Å². The Kier molecular flexibility index (Phi) is 4.53. The van der Waals surface area contributed by atoms with Crippen LogP contribution in [-0.4, -0.2) is 31.0 Å². The highest BCUT2D eigenvalue weighted by atomic mass is 32.2. The summed E-state index contributed by atoms with van der Waals surface area (Å²) in [5.74, 6) is -1.68. The molecule has 5 nitrogen and oxygen atoms in total. The van der Waals surface area contributed by atoms with Gasteiger partial charge in [0.15, 0.2) is 0 Å². The van der Waals surface area contributed by atoms with Crippen LogP contribution in [0.3, 0.4) is 0 Å². The number of carbonyl (C=O) groups is 1. The number of nitrogens with one attached hydrogen (secondary N) is 1. The summed E-state index contributed by atoms with van der Waals surface area (Å²) in [6.07, 6.45) is -0.383. The minimum absolute atomic E-state index is 0.383. The molecule has 1 rings (SSSR count). The molecular weight excluding hydrogens is 287 g/mol. The highest BCUT2D eigenvalue weighted by Gasteiger charge is 2.47. The average Bonchev–Trinajstić information content (AvgIpc) is 2.27. The second kappa shape index (κ2) is 5.57. The van der Waals surface area contributed by atoms with Crippen LogP contribution in [0.5, 0.6) is 0 Å². The lowest BCUT2D eigenvalue weighted by Gasteiger charge is -2.16. The third-order valence-corrected chi connectivity index (χ3v) is 3.39. The van der Waals surface area contributed by atoms with Crippen molar-refractivity contribution in [1.82, 2.24) is 4.72 Å². The predicted molar refractivity (Wildman–Crippen MR) is 59.7 cm³/mol. The SMILES string of the molecule is O=C(O)C(Cc1ccccc1)NS(=O)(=O)C(F)(F)F. The van der Waals surface area contributed by atoms with E-state index in [-0.39, 0.29) is 6.42 Å². The van der Waals surface area contributed by atoms with Gasteiger partial charge in [-0.3, -0.25) is 4.79 Å². The number of hydrogen-bond donors (Lipinski definition) is 2. The van der Waals surface area contributed by atoms with Crippen molar-refractivity contribution in [1.29, 1.82) is 0 Å². The molecule has 0 saturated carbocycles. The van der Waals surface area contributed by atoms with Crippen molar-refractivity contribution in [3.05, 3.63) is 35.9 Å². The quantitative estimate of drug-likeness (QED) is 0.853. The Hall–Kier alpha value is -1.61. The van der Waals surface area contributed by atoms with Gasteiger partial charge in [-0.2, -0.15) is 17.9 Å². The number of hydrogen-bond acceptors (Lipinski definition) is 3. The largest absolute Gasteiger partial charge is 0.511 e. The average molecular weight is 297 g/mol. The van der Waals surface area contributed by atoms with Gasteiger partial charge in [0.05, 0.1) is 0 Å². The molecule has 106 valence electrons. The van der Waals surface area contributed by atoms with Crippen molar-refractivity contribution >= 4 is 16.0 Å². The topological polar surface area (TPSA) is 83.5 Å². The van der Waals surface area contributed by atoms with Crippen LogP contribution in [0.1, 0.15) is 5.56 Å². The second-order valence-corrected chi connectivity index (χ2v) is 5.35. The number of halogens is 3. The summed E-state index contributed by atoms with van der Waals surface area (Å²) in [7, 11) is -5.69. The van der Waals surface area contributed by atoms with E-state index in [9.17, 15) is 26.4 Å². The van der Waals surface area contributed by atoms with Crippen LogP contribution in [0.25, 0.3) is 0 Å². The predicted octanol–water partition coefficient (Wildman–Crippen LogP) is 1.12. The summed E-state index contributed by atoms with van der Waals surface area (Å²) in [6.45, 7) is 0. The molecule has 0 aliphatic carbocycles. The van der Waals surface area contributed by atoms with Crippen LogP contribution in [0.2, 0.25) is 0 Å². The standard InChI is InChI=1S/C10H10F3NO4S/c11-10(12,13)19(17,18)14-8(9(15)16)6-7-4-2-1-3-5-7/h1-5,8,14H,6H2,(H,15,16). The molecule has 0 amide bonds. The molecule has 1 aromatic carbocycles. The van der Waals surface area contributed by atoms with Crippen LogP contribution in [0.4, 0.5) is 13.2 Å². The van der Waals surface area contributed by atoms with Gasteiger partial charge in [-0.15, -0.1) is 0 Å². The van der Waals surface area contributed by atoms with E-state index in [1.165, 1.54) is 12.1 Å². The summed E-state index contributed by atoms with van der Waals surface area (Å²) < 4.78 is 59.3. The van der Waals surface area contributed by atoms with Crippen molar-refractivity contribution in [2.75, 3.05) is 0 Å². The first-order chi connectivity index (χ1) is 8.63. The van der Waals surface area contributed by atoms with E-state index >= 15 is 0 Å². The monoisotopic (exact) mass is 297 g/mol. The Morgan fingerprint density at radius 2 is 1.79 bits per heavy atom. The van der Waals surface area contributed by atoms with Crippen LogP contribution in [-0.2, 0) is 21.2 Å². The van der Waals surface area contributed by atoms with Gasteiger partial charge in [-0.1, -0.05) is 30.3 Å². The first kappa shape index (κ1) is 15.4. The fourth-order valence-corrected chi connectivity index (χ4v) is 1.98. The van der Waals surface area contributed by atoms with Gasteiger partial charge in [0.1, 0.15) is 6.04 Å².